The van der Waals surface area contributed by atoms with E-state index in [2.05, 4.69) is 5.11 Å². The second kappa shape index (κ2) is 9.25. The maximum atomic E-state index is 14.0. The highest BCUT2D eigenvalue weighted by molar-refractivity contribution is 5.76. The Morgan fingerprint density at radius 3 is 3.07 bits per heavy atom. The Morgan fingerprint density at radius 1 is 1.47 bits per heavy atom. The first-order chi connectivity index (χ1) is 21.1. The van der Waals surface area contributed by atoms with Crippen LogP contribution in [-0.4, -0.2) is 36.8 Å². The molecule has 3 rings (SSSR count). The molecule has 0 bridgehead atoms. The van der Waals surface area contributed by atoms with Crippen LogP contribution < -0.4 is 0 Å². The van der Waals surface area contributed by atoms with Gasteiger partial charge >= 0.3 is 11.9 Å². The molecule has 0 aromatic heterocycles. The molecule has 30 heavy (non-hydrogen) atoms. The van der Waals surface area contributed by atoms with Crippen LogP contribution in [0.15, 0.2) is 23.8 Å². The Morgan fingerprint density at radius 2 is 2.33 bits per heavy atom. The normalized spacial score (nSPS) is 48.7. The number of aliphatic hydroxyl groups excluding tert-OH is 1. The number of hydrogen-bond acceptors (Lipinski definition) is 5. The summed E-state index contributed by atoms with van der Waals surface area (Å²) in [6.45, 7) is -13.0. The van der Waals surface area contributed by atoms with Gasteiger partial charge in [0, 0.05) is 34.3 Å². The lowest BCUT2D eigenvalue weighted by Crippen LogP contribution is -2.43. The lowest BCUT2D eigenvalue weighted by atomic mass is 9.65. The molecule has 1 saturated heterocycles. The topological polar surface area (TPSA) is 72.8 Å². The van der Waals surface area contributed by atoms with E-state index in [4.69, 9.17) is 32.8 Å². The summed E-state index contributed by atoms with van der Waals surface area (Å²) >= 11 is 0. The number of esters is 2. The van der Waals surface area contributed by atoms with E-state index in [9.17, 15) is 9.59 Å². The molecular weight excluding hydrogens is 380 g/mol. The third kappa shape index (κ3) is 5.16. The standard InChI is InChI=1S/C25H38O5/c1-6-25(4,5)24(28)30-21-12-15(2)11-17-8-7-16(3)20(23(17)21)10-9-19-13-18(26)14-22(27)29-19/h7-8,11,15-16,18-21,23,26H,6,9-10,12-14H2,1-5H3/t15-,16-,18+,19?,20-,21-,23-/m0/s1/i1D3,2D3,4D3,5D3,6D2,14D2,26D. The summed E-state index contributed by atoms with van der Waals surface area (Å²) < 4.78 is 145. The van der Waals surface area contributed by atoms with Crippen LogP contribution >= 0.6 is 0 Å². The van der Waals surface area contributed by atoms with Gasteiger partial charge < -0.3 is 14.6 Å². The molecule has 2 aliphatic carbocycles. The number of ether oxygens (including phenoxy) is 2. The van der Waals surface area contributed by atoms with Gasteiger partial charge in [-0.25, -0.2) is 0 Å². The van der Waals surface area contributed by atoms with Crippen LogP contribution in [0.25, 0.3) is 0 Å². The van der Waals surface area contributed by atoms with Crippen molar-refractivity contribution in [3.63, 3.8) is 0 Å². The lowest BCUT2D eigenvalue weighted by Gasteiger charge is -2.44. The van der Waals surface area contributed by atoms with E-state index in [1.54, 1.807) is 19.1 Å². The van der Waals surface area contributed by atoms with Crippen LogP contribution in [0.1, 0.15) is 94.7 Å². The molecule has 5 nitrogen and oxygen atoms in total. The monoisotopic (exact) mass is 435 g/mol. The fourth-order valence-corrected chi connectivity index (χ4v) is 4.50. The highest BCUT2D eigenvalue weighted by Gasteiger charge is 2.43. The molecule has 0 amide bonds. The SMILES string of the molecule is [2H]O[C@@H]1CC(CC[C@@H]2[C@@H]3C(=C[C@H](C([2H])([2H])[2H])C[C@@H]3OC(=O)C(C([2H])([2H])[2H])(C([2H])([2H])[2H])C([2H])([2H])C([2H])([2H])[2H])C=C[C@@H]2C)OC(=O)C1([2H])[2H]. The molecule has 5 heteroatoms. The van der Waals surface area contributed by atoms with E-state index in [-0.39, 0.29) is 25.2 Å². The summed E-state index contributed by atoms with van der Waals surface area (Å²) in [4.78, 5) is 26.3. The van der Waals surface area contributed by atoms with E-state index < -0.39 is 100.0 Å². The first-order valence-electron chi connectivity index (χ1n) is 18.4. The molecule has 0 spiro atoms. The number of cyclic esters (lactones) is 1. The van der Waals surface area contributed by atoms with E-state index in [0.717, 1.165) is 0 Å². The summed E-state index contributed by atoms with van der Waals surface area (Å²) in [5.41, 5.74) is -3.85. The molecule has 0 radical (unpaired) electrons. The van der Waals surface area contributed by atoms with Crippen molar-refractivity contribution in [3.05, 3.63) is 23.8 Å². The van der Waals surface area contributed by atoms with Crippen molar-refractivity contribution in [3.8, 4) is 0 Å². The maximum absolute atomic E-state index is 14.0. The van der Waals surface area contributed by atoms with Crippen molar-refractivity contribution in [1.29, 1.82) is 1.43 Å². The van der Waals surface area contributed by atoms with Crippen molar-refractivity contribution < 1.29 is 46.1 Å². The molecule has 0 aromatic rings. The zero-order valence-corrected chi connectivity index (χ0v) is 16.6. The summed E-state index contributed by atoms with van der Waals surface area (Å²) in [7, 11) is 0. The van der Waals surface area contributed by atoms with Gasteiger partial charge in [0.1, 0.15) is 12.2 Å². The van der Waals surface area contributed by atoms with Crippen LogP contribution in [0.3, 0.4) is 0 Å². The fraction of sp³-hybridized carbons (Fsp3) is 0.760. The van der Waals surface area contributed by atoms with Gasteiger partial charge in [0.2, 0.25) is 1.43 Å². The van der Waals surface area contributed by atoms with Gasteiger partial charge in [0.25, 0.3) is 0 Å². The second-order valence-corrected chi connectivity index (χ2v) is 8.21. The third-order valence-corrected chi connectivity index (χ3v) is 6.00. The van der Waals surface area contributed by atoms with E-state index in [1.165, 1.54) is 6.08 Å². The van der Waals surface area contributed by atoms with Crippen LogP contribution in [-0.2, 0) is 19.1 Å². The van der Waals surface area contributed by atoms with Crippen LogP contribution in [0, 0.1) is 29.1 Å². The quantitative estimate of drug-likeness (QED) is 0.592. The molecule has 1 unspecified atom stereocenters. The Hall–Kier alpha value is -1.62. The largest absolute Gasteiger partial charge is 0.462 e. The minimum Gasteiger partial charge on any atom is -0.462 e. The first kappa shape index (κ1) is 9.48. The van der Waals surface area contributed by atoms with Crippen molar-refractivity contribution >= 4 is 11.9 Å². The Balaban J connectivity index is 2.09. The third-order valence-electron chi connectivity index (χ3n) is 6.00. The Kier molecular flexibility index (Phi) is 2.92. The number of hydrogen-bond donors (Lipinski definition) is 1. The van der Waals surface area contributed by atoms with Gasteiger partial charge in [0.05, 0.1) is 17.9 Å². The average molecular weight is 436 g/mol. The van der Waals surface area contributed by atoms with Crippen molar-refractivity contribution in [1.82, 2.24) is 0 Å². The number of fused-ring (bicyclic) bond motifs is 1. The number of carbonyl (C=O) groups is 2. The van der Waals surface area contributed by atoms with Crippen LogP contribution in [0.2, 0.25) is 0 Å². The van der Waals surface area contributed by atoms with Gasteiger partial charge in [-0.2, -0.15) is 0 Å². The minimum atomic E-state index is -4.21. The van der Waals surface area contributed by atoms with Crippen LogP contribution in [0.5, 0.6) is 0 Å². The van der Waals surface area contributed by atoms with Gasteiger partial charge in [-0.3, -0.25) is 9.59 Å². The molecule has 3 aliphatic rings. The number of carbonyl (C=O) groups excluding carboxylic acids is 2. The number of rotatable bonds is 7. The molecule has 0 aromatic carbocycles. The molecule has 1 aliphatic heterocycles. The van der Waals surface area contributed by atoms with Crippen molar-refractivity contribution in [2.75, 3.05) is 0 Å². The summed E-state index contributed by atoms with van der Waals surface area (Å²) in [5.74, 6) is -6.45. The minimum absolute atomic E-state index is 0.0910. The van der Waals surface area contributed by atoms with Gasteiger partial charge in [-0.15, -0.1) is 0 Å². The Labute approximate surface area is 204 Å². The molecule has 1 heterocycles. The van der Waals surface area contributed by atoms with Gasteiger partial charge in [0.15, 0.2) is 0 Å². The summed E-state index contributed by atoms with van der Waals surface area (Å²) in [6, 6.07) is 0. The van der Waals surface area contributed by atoms with E-state index in [0.29, 0.717) is 5.57 Å². The predicted octanol–water partition coefficient (Wildman–Crippen LogP) is 4.59. The van der Waals surface area contributed by atoms with Gasteiger partial charge in [-0.1, -0.05) is 38.9 Å². The highest BCUT2D eigenvalue weighted by atomic mass is 16.6. The first-order valence-corrected chi connectivity index (χ1v) is 9.99. The predicted molar refractivity (Wildman–Crippen MR) is 115 cm³/mol. The zero-order chi connectivity index (χ0) is 36.3. The number of aliphatic hydroxyl groups is 1. The highest BCUT2D eigenvalue weighted by Crippen LogP contribution is 2.45. The van der Waals surface area contributed by atoms with Gasteiger partial charge in [-0.05, 0) is 62.7 Å². The molecule has 0 saturated carbocycles. The average Bonchev–Trinajstić information content (AvgIpc) is 2.87. The molecular formula is C25H38O5. The fourth-order valence-electron chi connectivity index (χ4n) is 4.50. The van der Waals surface area contributed by atoms with E-state index in [1.807, 2.05) is 0 Å². The molecule has 168 valence electrons. The van der Waals surface area contributed by atoms with Crippen molar-refractivity contribution in [2.24, 2.45) is 29.1 Å². The zero-order valence-electron chi connectivity index (χ0n) is 33.6. The second-order valence-electron chi connectivity index (χ2n) is 8.21. The van der Waals surface area contributed by atoms with E-state index >= 15 is 0 Å². The molecule has 7 atom stereocenters. The summed E-state index contributed by atoms with van der Waals surface area (Å²) in [5, 5.41) is 4.43. The maximum Gasteiger partial charge on any atom is 0.311 e. The van der Waals surface area contributed by atoms with Crippen LogP contribution in [0.4, 0.5) is 0 Å². The Bertz CT molecular complexity index is 1230. The lowest BCUT2D eigenvalue weighted by molar-refractivity contribution is -0.166. The summed E-state index contributed by atoms with van der Waals surface area (Å²) in [6.07, 6.45) is -6.16. The molecule has 1 N–H and O–H groups in total. The number of allylic oxidation sites excluding steroid dienone is 3. The van der Waals surface area contributed by atoms with Crippen molar-refractivity contribution in [2.45, 2.75) is 91.1 Å². The molecule has 1 fully saturated rings. The smallest absolute Gasteiger partial charge is 0.311 e.